The lowest BCUT2D eigenvalue weighted by Crippen LogP contribution is -2.44. The van der Waals surface area contributed by atoms with Gasteiger partial charge in [-0.3, -0.25) is 14.6 Å². The number of carboxylic acids is 1. The van der Waals surface area contributed by atoms with Crippen LogP contribution in [0.25, 0.3) is 0 Å². The summed E-state index contributed by atoms with van der Waals surface area (Å²) >= 11 is 0. The molecule has 0 aliphatic heterocycles. The zero-order chi connectivity index (χ0) is 19.5. The van der Waals surface area contributed by atoms with Gasteiger partial charge in [0.25, 0.3) is 0 Å². The second-order valence-electron chi connectivity index (χ2n) is 5.46. The van der Waals surface area contributed by atoms with Gasteiger partial charge in [-0.25, -0.2) is 4.21 Å². The maximum absolute atomic E-state index is 13.3. The molecule has 0 fully saturated rings. The monoisotopic (exact) mass is 385 g/mol. The number of nitrogens with zero attached hydrogens (tertiary/aromatic N) is 1. The predicted molar refractivity (Wildman–Crippen MR) is 81.3 cm³/mol. The third-order valence-corrected chi connectivity index (χ3v) is 5.27. The van der Waals surface area contributed by atoms with Gasteiger partial charge in [0.15, 0.2) is 0 Å². The highest BCUT2D eigenvalue weighted by molar-refractivity contribution is 7.92. The second kappa shape index (κ2) is 7.54. The molecule has 0 saturated carbocycles. The Labute approximate surface area is 141 Å². The lowest BCUT2D eigenvalue weighted by atomic mass is 9.95. The third-order valence-electron chi connectivity index (χ3n) is 3.51. The Bertz CT molecular complexity index is 709. The summed E-state index contributed by atoms with van der Waals surface area (Å²) in [6.07, 6.45) is -5.90. The van der Waals surface area contributed by atoms with Gasteiger partial charge >= 0.3 is 12.1 Å². The molecule has 2 unspecified atom stereocenters. The molecule has 0 aliphatic rings. The number of nitrogens with one attached hydrogen (secondary N) is 1. The molecule has 6 N–H and O–H groups in total. The van der Waals surface area contributed by atoms with Crippen LogP contribution in [-0.4, -0.2) is 54.2 Å². The summed E-state index contributed by atoms with van der Waals surface area (Å²) in [5.41, 5.74) is 0.940. The molecule has 1 rings (SSSR count). The Morgan fingerprint density at radius 1 is 1.36 bits per heavy atom. The molecule has 8 nitrogen and oxygen atoms in total. The molecule has 0 spiro atoms. The molecule has 142 valence electrons. The molecule has 0 radical (unpaired) electrons. The fourth-order valence-corrected chi connectivity index (χ4v) is 3.37. The Morgan fingerprint density at radius 2 is 1.96 bits per heavy atom. The number of alkyl halides is 3. The average Bonchev–Trinajstić information content (AvgIpc) is 2.50. The Balaban J connectivity index is 2.93. The number of carbonyl (C=O) groups is 1. The first-order valence-electron chi connectivity index (χ1n) is 6.96. The van der Waals surface area contributed by atoms with Crippen LogP contribution in [0.3, 0.4) is 0 Å². The molecule has 0 aromatic carbocycles. The third kappa shape index (κ3) is 5.54. The molecule has 1 aromatic heterocycles. The number of halogens is 3. The fraction of sp³-hybridized carbons (Fsp3) is 0.538. The van der Waals surface area contributed by atoms with E-state index in [-0.39, 0.29) is 6.42 Å². The Hall–Kier alpha value is -1.92. The van der Waals surface area contributed by atoms with Gasteiger partial charge in [0.2, 0.25) is 5.60 Å². The number of aromatic hydroxyl groups is 1. The quantitative estimate of drug-likeness (QED) is 0.442. The van der Waals surface area contributed by atoms with Gasteiger partial charge in [0.05, 0.1) is 11.9 Å². The van der Waals surface area contributed by atoms with Crippen molar-refractivity contribution in [3.05, 3.63) is 24.0 Å². The molecule has 0 bridgehead atoms. The van der Waals surface area contributed by atoms with E-state index < -0.39 is 62.9 Å². The van der Waals surface area contributed by atoms with Crippen molar-refractivity contribution in [1.82, 2.24) is 4.98 Å². The standard InChI is InChI=1S/C13H18F3N3O5S/c14-13(15,16)12(23,10-2-1-8(20)7-19-10)4-6-25(18,24)5-3-9(17)11(21)22/h1-2,7,9,18,20,23H,3-6,17H2,(H,21,22)/t9-,12?,25?/m0/s1. The topological polar surface area (TPSA) is 158 Å². The van der Waals surface area contributed by atoms with E-state index in [2.05, 4.69) is 4.98 Å². The van der Waals surface area contributed by atoms with Crippen LogP contribution in [0.15, 0.2) is 18.3 Å². The van der Waals surface area contributed by atoms with E-state index in [1.807, 2.05) is 0 Å². The summed E-state index contributed by atoms with van der Waals surface area (Å²) in [7, 11) is -3.60. The van der Waals surface area contributed by atoms with Crippen LogP contribution in [-0.2, 0) is 20.1 Å². The lowest BCUT2D eigenvalue weighted by molar-refractivity contribution is -0.268. The summed E-state index contributed by atoms with van der Waals surface area (Å²) < 4.78 is 59.5. The highest BCUT2D eigenvalue weighted by Gasteiger charge is 2.56. The first kappa shape index (κ1) is 21.1. The minimum absolute atomic E-state index is 0.348. The minimum Gasteiger partial charge on any atom is -0.506 e. The number of nitrogens with two attached hydrogens (primary N) is 1. The summed E-state index contributed by atoms with van der Waals surface area (Å²) in [5.74, 6) is -3.13. The Kier molecular flexibility index (Phi) is 6.37. The van der Waals surface area contributed by atoms with Crippen molar-refractivity contribution in [3.63, 3.8) is 0 Å². The van der Waals surface area contributed by atoms with E-state index in [9.17, 15) is 27.3 Å². The summed E-state index contributed by atoms with van der Waals surface area (Å²) in [5, 5.41) is 27.8. The maximum Gasteiger partial charge on any atom is 0.423 e. The molecule has 0 saturated heterocycles. The van der Waals surface area contributed by atoms with Gasteiger partial charge in [0.1, 0.15) is 11.8 Å². The van der Waals surface area contributed by atoms with Crippen LogP contribution in [0.2, 0.25) is 0 Å². The van der Waals surface area contributed by atoms with Crippen molar-refractivity contribution in [1.29, 1.82) is 4.78 Å². The van der Waals surface area contributed by atoms with E-state index in [0.29, 0.717) is 0 Å². The van der Waals surface area contributed by atoms with Crippen molar-refractivity contribution < 1.29 is 37.5 Å². The number of aromatic nitrogens is 1. The van der Waals surface area contributed by atoms with E-state index >= 15 is 0 Å². The molecule has 25 heavy (non-hydrogen) atoms. The number of pyridine rings is 1. The number of aliphatic hydroxyl groups is 1. The van der Waals surface area contributed by atoms with Gasteiger partial charge in [-0.15, -0.1) is 0 Å². The number of aliphatic carboxylic acids is 1. The van der Waals surface area contributed by atoms with Crippen molar-refractivity contribution in [2.24, 2.45) is 5.73 Å². The van der Waals surface area contributed by atoms with Crippen molar-refractivity contribution in [2.45, 2.75) is 30.7 Å². The number of rotatable bonds is 8. The average molecular weight is 385 g/mol. The van der Waals surface area contributed by atoms with E-state index in [1.54, 1.807) is 0 Å². The van der Waals surface area contributed by atoms with Crippen LogP contribution < -0.4 is 5.73 Å². The predicted octanol–water partition coefficient (Wildman–Crippen LogP) is 0.776. The van der Waals surface area contributed by atoms with E-state index in [4.69, 9.17) is 20.7 Å². The zero-order valence-corrected chi connectivity index (χ0v) is 13.7. The van der Waals surface area contributed by atoms with Gasteiger partial charge < -0.3 is 21.1 Å². The lowest BCUT2D eigenvalue weighted by Gasteiger charge is -2.30. The number of hydrogen-bond donors (Lipinski definition) is 5. The zero-order valence-electron chi connectivity index (χ0n) is 12.9. The molecule has 0 amide bonds. The van der Waals surface area contributed by atoms with Crippen LogP contribution in [0.1, 0.15) is 18.5 Å². The maximum atomic E-state index is 13.3. The van der Waals surface area contributed by atoms with Crippen LogP contribution in [0, 0.1) is 4.78 Å². The highest BCUT2D eigenvalue weighted by Crippen LogP contribution is 2.41. The SMILES string of the molecule is N=S(=O)(CC[C@H](N)C(=O)O)CCC(O)(c1ccc(O)cn1)C(F)(F)F. The van der Waals surface area contributed by atoms with Gasteiger partial charge in [-0.1, -0.05) is 0 Å². The summed E-state index contributed by atoms with van der Waals surface area (Å²) in [6.45, 7) is 0. The Morgan fingerprint density at radius 3 is 2.40 bits per heavy atom. The molecular weight excluding hydrogens is 367 g/mol. The highest BCUT2D eigenvalue weighted by atomic mass is 32.2. The first-order chi connectivity index (χ1) is 11.3. The minimum atomic E-state index is -5.16. The van der Waals surface area contributed by atoms with Crippen LogP contribution in [0.4, 0.5) is 13.2 Å². The largest absolute Gasteiger partial charge is 0.506 e. The van der Waals surface area contributed by atoms with Gasteiger partial charge in [-0.05, 0) is 18.6 Å². The van der Waals surface area contributed by atoms with Crippen molar-refractivity contribution in [3.8, 4) is 5.75 Å². The van der Waals surface area contributed by atoms with Crippen molar-refractivity contribution >= 4 is 15.7 Å². The van der Waals surface area contributed by atoms with Crippen molar-refractivity contribution in [2.75, 3.05) is 11.5 Å². The van der Waals surface area contributed by atoms with E-state index in [1.165, 1.54) is 0 Å². The number of hydrogen-bond acceptors (Lipinski definition) is 7. The molecule has 0 aliphatic carbocycles. The molecule has 1 aromatic rings. The van der Waals surface area contributed by atoms with Crippen LogP contribution in [0.5, 0.6) is 5.75 Å². The fourth-order valence-electron chi connectivity index (χ4n) is 1.90. The first-order valence-corrected chi connectivity index (χ1v) is 8.85. The second-order valence-corrected chi connectivity index (χ2v) is 7.90. The molecule has 12 heteroatoms. The molecular formula is C13H18F3N3O5S. The molecule has 3 atom stereocenters. The van der Waals surface area contributed by atoms with E-state index in [0.717, 1.165) is 18.3 Å². The molecule has 1 heterocycles. The smallest absolute Gasteiger partial charge is 0.423 e. The normalized spacial score (nSPS) is 18.1. The summed E-state index contributed by atoms with van der Waals surface area (Å²) in [6, 6.07) is 0.295. The van der Waals surface area contributed by atoms with Gasteiger partial charge in [0, 0.05) is 27.7 Å². The summed E-state index contributed by atoms with van der Waals surface area (Å²) in [4.78, 5) is 13.9. The van der Waals surface area contributed by atoms with Crippen LogP contribution >= 0.6 is 0 Å². The number of carboxylic acid groups (broad SMARTS) is 1. The van der Waals surface area contributed by atoms with Gasteiger partial charge in [-0.2, -0.15) is 13.2 Å².